The van der Waals surface area contributed by atoms with Gasteiger partial charge in [0.2, 0.25) is 5.91 Å². The van der Waals surface area contributed by atoms with Crippen LogP contribution in [0.5, 0.6) is 0 Å². The highest BCUT2D eigenvalue weighted by molar-refractivity contribution is 5.77. The van der Waals surface area contributed by atoms with E-state index in [0.717, 1.165) is 37.7 Å². The first-order chi connectivity index (χ1) is 8.74. The molecule has 1 aliphatic rings. The minimum Gasteiger partial charge on any atom is -0.394 e. The van der Waals surface area contributed by atoms with Crippen LogP contribution < -0.4 is 5.32 Å². The Morgan fingerprint density at radius 2 is 2.00 bits per heavy atom. The molecule has 4 nitrogen and oxygen atoms in total. The summed E-state index contributed by atoms with van der Waals surface area (Å²) >= 11 is 0. The van der Waals surface area contributed by atoms with Crippen molar-refractivity contribution < 1.29 is 9.90 Å². The molecule has 2 N–H and O–H groups in total. The van der Waals surface area contributed by atoms with Gasteiger partial charge < -0.3 is 10.4 Å². The van der Waals surface area contributed by atoms with Crippen molar-refractivity contribution >= 4 is 5.91 Å². The van der Waals surface area contributed by atoms with E-state index in [-0.39, 0.29) is 18.1 Å². The zero-order chi connectivity index (χ0) is 12.8. The lowest BCUT2D eigenvalue weighted by Crippen LogP contribution is -2.49. The number of carbonyl (C=O) groups is 1. The molecule has 1 aromatic rings. The molecule has 0 spiro atoms. The van der Waals surface area contributed by atoms with E-state index in [9.17, 15) is 9.90 Å². The molecule has 0 aromatic carbocycles. The monoisotopic (exact) mass is 248 g/mol. The van der Waals surface area contributed by atoms with Crippen LogP contribution in [0, 0.1) is 0 Å². The number of nitrogens with zero attached hydrogens (tertiary/aromatic N) is 1. The molecule has 0 atom stereocenters. The number of hydrogen-bond acceptors (Lipinski definition) is 3. The SMILES string of the molecule is O=C(CCc1ccncc1)NC1(CO)CCCC1. The molecule has 0 unspecified atom stereocenters. The van der Waals surface area contributed by atoms with Crippen LogP contribution in [0.2, 0.25) is 0 Å². The molecule has 18 heavy (non-hydrogen) atoms. The number of rotatable bonds is 5. The van der Waals surface area contributed by atoms with Crippen molar-refractivity contribution in [1.82, 2.24) is 10.3 Å². The van der Waals surface area contributed by atoms with E-state index in [2.05, 4.69) is 10.3 Å². The minimum absolute atomic E-state index is 0.0303. The zero-order valence-electron chi connectivity index (χ0n) is 10.6. The average molecular weight is 248 g/mol. The summed E-state index contributed by atoms with van der Waals surface area (Å²) in [5.74, 6) is 0.0303. The molecule has 98 valence electrons. The molecule has 1 heterocycles. The topological polar surface area (TPSA) is 62.2 Å². The third-order valence-electron chi connectivity index (χ3n) is 3.66. The van der Waals surface area contributed by atoms with Gasteiger partial charge in [0, 0.05) is 18.8 Å². The van der Waals surface area contributed by atoms with E-state index >= 15 is 0 Å². The standard InChI is InChI=1S/C14H20N2O2/c17-11-14(7-1-2-8-14)16-13(18)4-3-12-5-9-15-10-6-12/h5-6,9-10,17H,1-4,7-8,11H2,(H,16,18). The summed E-state index contributed by atoms with van der Waals surface area (Å²) in [7, 11) is 0. The smallest absolute Gasteiger partial charge is 0.220 e. The second-order valence-corrected chi connectivity index (χ2v) is 5.05. The fourth-order valence-electron chi connectivity index (χ4n) is 2.54. The fourth-order valence-corrected chi connectivity index (χ4v) is 2.54. The van der Waals surface area contributed by atoms with Crippen LogP contribution in [-0.2, 0) is 11.2 Å². The number of aliphatic hydroxyl groups excluding tert-OH is 1. The molecule has 0 saturated heterocycles. The molecule has 1 amide bonds. The Bertz CT molecular complexity index is 386. The van der Waals surface area contributed by atoms with Crippen molar-refractivity contribution in [3.05, 3.63) is 30.1 Å². The molecule has 0 radical (unpaired) electrons. The third-order valence-corrected chi connectivity index (χ3v) is 3.66. The normalized spacial score (nSPS) is 17.6. The lowest BCUT2D eigenvalue weighted by molar-refractivity contribution is -0.123. The van der Waals surface area contributed by atoms with Gasteiger partial charge in [-0.15, -0.1) is 0 Å². The molecule has 4 heteroatoms. The van der Waals surface area contributed by atoms with Gasteiger partial charge in [0.1, 0.15) is 0 Å². The average Bonchev–Trinajstić information content (AvgIpc) is 2.87. The second-order valence-electron chi connectivity index (χ2n) is 5.05. The summed E-state index contributed by atoms with van der Waals surface area (Å²) in [6.07, 6.45) is 8.62. The lowest BCUT2D eigenvalue weighted by atomic mass is 9.98. The molecule has 1 aliphatic carbocycles. The Morgan fingerprint density at radius 3 is 2.61 bits per heavy atom. The van der Waals surface area contributed by atoms with Gasteiger partial charge in [-0.05, 0) is 37.0 Å². The molecule has 1 fully saturated rings. The predicted molar refractivity (Wildman–Crippen MR) is 69.0 cm³/mol. The number of carbonyl (C=O) groups excluding carboxylic acids is 1. The first kappa shape index (κ1) is 13.0. The van der Waals surface area contributed by atoms with Crippen molar-refractivity contribution in [3.8, 4) is 0 Å². The van der Waals surface area contributed by atoms with Crippen molar-refractivity contribution in [2.75, 3.05) is 6.61 Å². The first-order valence-electron chi connectivity index (χ1n) is 6.55. The molecule has 0 aliphatic heterocycles. The summed E-state index contributed by atoms with van der Waals surface area (Å²) in [5, 5.41) is 12.4. The number of pyridine rings is 1. The van der Waals surface area contributed by atoms with Crippen molar-refractivity contribution in [3.63, 3.8) is 0 Å². The van der Waals surface area contributed by atoms with Gasteiger partial charge in [-0.25, -0.2) is 0 Å². The highest BCUT2D eigenvalue weighted by Crippen LogP contribution is 2.29. The van der Waals surface area contributed by atoms with Gasteiger partial charge >= 0.3 is 0 Å². The minimum atomic E-state index is -0.352. The van der Waals surface area contributed by atoms with Gasteiger partial charge in [0.15, 0.2) is 0 Å². The molecule has 0 bridgehead atoms. The van der Waals surface area contributed by atoms with Crippen LogP contribution in [0.15, 0.2) is 24.5 Å². The summed E-state index contributed by atoms with van der Waals surface area (Å²) < 4.78 is 0. The van der Waals surface area contributed by atoms with E-state index < -0.39 is 0 Å². The van der Waals surface area contributed by atoms with E-state index in [0.29, 0.717) is 6.42 Å². The predicted octanol–water partition coefficient (Wildman–Crippen LogP) is 1.44. The summed E-state index contributed by atoms with van der Waals surface area (Å²) in [5.41, 5.74) is 0.764. The second kappa shape index (κ2) is 5.96. The summed E-state index contributed by atoms with van der Waals surface area (Å²) in [6, 6.07) is 3.84. The van der Waals surface area contributed by atoms with Crippen LogP contribution in [0.4, 0.5) is 0 Å². The van der Waals surface area contributed by atoms with E-state index in [1.807, 2.05) is 12.1 Å². The van der Waals surface area contributed by atoms with Crippen LogP contribution in [0.3, 0.4) is 0 Å². The first-order valence-corrected chi connectivity index (χ1v) is 6.55. The van der Waals surface area contributed by atoms with Gasteiger partial charge in [-0.2, -0.15) is 0 Å². The number of aromatic nitrogens is 1. The Labute approximate surface area is 107 Å². The maximum Gasteiger partial charge on any atom is 0.220 e. The van der Waals surface area contributed by atoms with Gasteiger partial charge in [0.05, 0.1) is 12.1 Å². The Balaban J connectivity index is 1.82. The van der Waals surface area contributed by atoms with Crippen LogP contribution in [0.1, 0.15) is 37.7 Å². The fraction of sp³-hybridized carbons (Fsp3) is 0.571. The molecule has 2 rings (SSSR count). The number of hydrogen-bond donors (Lipinski definition) is 2. The Hall–Kier alpha value is -1.42. The number of aliphatic hydroxyl groups is 1. The van der Waals surface area contributed by atoms with Crippen LogP contribution >= 0.6 is 0 Å². The largest absolute Gasteiger partial charge is 0.394 e. The zero-order valence-corrected chi connectivity index (χ0v) is 10.6. The maximum atomic E-state index is 11.9. The summed E-state index contributed by atoms with van der Waals surface area (Å²) in [4.78, 5) is 15.8. The third kappa shape index (κ3) is 3.29. The summed E-state index contributed by atoms with van der Waals surface area (Å²) in [6.45, 7) is 0.0496. The van der Waals surface area contributed by atoms with E-state index in [4.69, 9.17) is 0 Å². The Morgan fingerprint density at radius 1 is 1.33 bits per heavy atom. The van der Waals surface area contributed by atoms with Gasteiger partial charge in [-0.1, -0.05) is 12.8 Å². The van der Waals surface area contributed by atoms with Crippen molar-refractivity contribution in [1.29, 1.82) is 0 Å². The molecule has 1 saturated carbocycles. The number of amides is 1. The van der Waals surface area contributed by atoms with Crippen molar-refractivity contribution in [2.45, 2.75) is 44.1 Å². The van der Waals surface area contributed by atoms with E-state index in [1.54, 1.807) is 12.4 Å². The maximum absolute atomic E-state index is 11.9. The highest BCUT2D eigenvalue weighted by Gasteiger charge is 2.34. The quantitative estimate of drug-likeness (QED) is 0.828. The number of aryl methyl sites for hydroxylation is 1. The van der Waals surface area contributed by atoms with Gasteiger partial charge in [0.25, 0.3) is 0 Å². The van der Waals surface area contributed by atoms with E-state index in [1.165, 1.54) is 0 Å². The molecular formula is C14H20N2O2. The van der Waals surface area contributed by atoms with Crippen LogP contribution in [-0.4, -0.2) is 28.1 Å². The van der Waals surface area contributed by atoms with Crippen molar-refractivity contribution in [2.24, 2.45) is 0 Å². The van der Waals surface area contributed by atoms with Gasteiger partial charge in [-0.3, -0.25) is 9.78 Å². The molecule has 1 aromatic heterocycles. The molecular weight excluding hydrogens is 228 g/mol. The van der Waals surface area contributed by atoms with Crippen LogP contribution in [0.25, 0.3) is 0 Å². The lowest BCUT2D eigenvalue weighted by Gasteiger charge is -2.28. The highest BCUT2D eigenvalue weighted by atomic mass is 16.3. The Kier molecular flexibility index (Phi) is 4.31. The number of nitrogens with one attached hydrogen (secondary N) is 1.